The predicted octanol–water partition coefficient (Wildman–Crippen LogP) is -0.628. The first-order valence-electron chi connectivity index (χ1n) is 18.7. The molecule has 2 amide bonds. The van der Waals surface area contributed by atoms with E-state index in [1.54, 1.807) is 9.80 Å². The topological polar surface area (TPSA) is 275 Å². The fourth-order valence-corrected chi connectivity index (χ4v) is 8.50. The minimum absolute atomic E-state index is 0.1000. The molecule has 7 N–H and O–H groups in total. The minimum atomic E-state index is -1.21. The Labute approximate surface area is 314 Å². The van der Waals surface area contributed by atoms with Crippen LogP contribution < -0.4 is 10.6 Å². The van der Waals surface area contributed by atoms with E-state index in [0.717, 1.165) is 12.8 Å². The third-order valence-electron chi connectivity index (χ3n) is 10.5. The zero-order chi connectivity index (χ0) is 39.9. The lowest BCUT2D eigenvalue weighted by atomic mass is 9.87. The van der Waals surface area contributed by atoms with Crippen LogP contribution in [-0.2, 0) is 38.4 Å². The van der Waals surface area contributed by atoms with Gasteiger partial charge in [0.1, 0.15) is 5.78 Å². The summed E-state index contributed by atoms with van der Waals surface area (Å²) in [7, 11) is 0. The number of carboxylic acids is 5. The van der Waals surface area contributed by atoms with E-state index in [9.17, 15) is 63.9 Å². The lowest BCUT2D eigenvalue weighted by Gasteiger charge is -2.44. The van der Waals surface area contributed by atoms with Crippen LogP contribution in [0.4, 0.5) is 0 Å². The van der Waals surface area contributed by atoms with Crippen molar-refractivity contribution in [1.29, 1.82) is 0 Å². The maximum absolute atomic E-state index is 13.3. The molecule has 0 bridgehead atoms. The van der Waals surface area contributed by atoms with E-state index in [1.807, 2.05) is 0 Å². The highest BCUT2D eigenvalue weighted by molar-refractivity contribution is 5.81. The molecule has 19 nitrogen and oxygen atoms in total. The molecule has 54 heavy (non-hydrogen) atoms. The van der Waals surface area contributed by atoms with Crippen LogP contribution in [0.3, 0.4) is 0 Å². The molecule has 0 aliphatic heterocycles. The number of hydrogen-bond donors (Lipinski definition) is 7. The van der Waals surface area contributed by atoms with Crippen molar-refractivity contribution < 1.29 is 63.9 Å². The number of nitrogens with zero attached hydrogens (tertiary/aromatic N) is 4. The first-order valence-corrected chi connectivity index (χ1v) is 18.7. The van der Waals surface area contributed by atoms with E-state index in [1.165, 1.54) is 16.7 Å². The largest absolute Gasteiger partial charge is 0.480 e. The van der Waals surface area contributed by atoms with Crippen molar-refractivity contribution in [2.45, 2.75) is 120 Å². The van der Waals surface area contributed by atoms with Crippen LogP contribution in [0, 0.1) is 0 Å². The SMILES string of the molecule is CC(=O)CN(CC(=O)O)[C@@H]1CCCC[C@H]1N(CC(=O)O)CC(=O)NC1CCC(NC(=O)CN(CC(=O)O)[C@@H]2CCCC[C@H]2N(CC(=O)O)CC(=O)O)CC1. The molecule has 3 saturated carbocycles. The second-order valence-corrected chi connectivity index (χ2v) is 14.8. The molecule has 304 valence electrons. The highest BCUT2D eigenvalue weighted by atomic mass is 16.4. The fraction of sp³-hybridized carbons (Fsp3) is 0.771. The number of carboxylic acid groups (broad SMARTS) is 5. The van der Waals surface area contributed by atoms with Gasteiger partial charge < -0.3 is 36.2 Å². The van der Waals surface area contributed by atoms with Crippen molar-refractivity contribution in [1.82, 2.24) is 30.2 Å². The Bertz CT molecular complexity index is 1220. The van der Waals surface area contributed by atoms with Gasteiger partial charge in [0, 0.05) is 36.3 Å². The van der Waals surface area contributed by atoms with Crippen molar-refractivity contribution in [2.24, 2.45) is 0 Å². The molecule has 0 aromatic rings. The average Bonchev–Trinajstić information content (AvgIpc) is 3.07. The van der Waals surface area contributed by atoms with Gasteiger partial charge in [-0.1, -0.05) is 25.7 Å². The van der Waals surface area contributed by atoms with Crippen LogP contribution in [0.15, 0.2) is 0 Å². The quantitative estimate of drug-likeness (QED) is 0.0722. The Morgan fingerprint density at radius 2 is 0.648 bits per heavy atom. The van der Waals surface area contributed by atoms with Gasteiger partial charge in [-0.3, -0.25) is 58.0 Å². The molecule has 0 radical (unpaired) electrons. The van der Waals surface area contributed by atoms with Crippen LogP contribution in [0.1, 0.15) is 84.0 Å². The zero-order valence-corrected chi connectivity index (χ0v) is 30.9. The maximum Gasteiger partial charge on any atom is 0.317 e. The van der Waals surface area contributed by atoms with Crippen molar-refractivity contribution >= 4 is 47.4 Å². The summed E-state index contributed by atoms with van der Waals surface area (Å²) in [4.78, 5) is 103. The molecule has 0 heterocycles. The summed E-state index contributed by atoms with van der Waals surface area (Å²) >= 11 is 0. The first-order chi connectivity index (χ1) is 25.5. The van der Waals surface area contributed by atoms with Crippen molar-refractivity contribution in [2.75, 3.05) is 52.4 Å². The van der Waals surface area contributed by atoms with Gasteiger partial charge in [0.05, 0.1) is 52.4 Å². The van der Waals surface area contributed by atoms with Crippen molar-refractivity contribution in [3.05, 3.63) is 0 Å². The highest BCUT2D eigenvalue weighted by Gasteiger charge is 2.39. The van der Waals surface area contributed by atoms with Crippen molar-refractivity contribution in [3.8, 4) is 0 Å². The van der Waals surface area contributed by atoms with Crippen LogP contribution in [0.2, 0.25) is 0 Å². The predicted molar refractivity (Wildman–Crippen MR) is 190 cm³/mol. The van der Waals surface area contributed by atoms with E-state index in [0.29, 0.717) is 64.2 Å². The van der Waals surface area contributed by atoms with Crippen LogP contribution in [0.5, 0.6) is 0 Å². The Hall–Kier alpha value is -4.20. The van der Waals surface area contributed by atoms with Gasteiger partial charge in [0.2, 0.25) is 11.8 Å². The minimum Gasteiger partial charge on any atom is -0.480 e. The second kappa shape index (κ2) is 21.6. The summed E-state index contributed by atoms with van der Waals surface area (Å²) < 4.78 is 0. The molecule has 4 atom stereocenters. The third-order valence-corrected chi connectivity index (χ3v) is 10.5. The van der Waals surface area contributed by atoms with E-state index in [-0.39, 0.29) is 44.0 Å². The van der Waals surface area contributed by atoms with Crippen LogP contribution in [0.25, 0.3) is 0 Å². The Morgan fingerprint density at radius 3 is 0.889 bits per heavy atom. The summed E-state index contributed by atoms with van der Waals surface area (Å²) in [6, 6.07) is -2.51. The van der Waals surface area contributed by atoms with E-state index < -0.39 is 92.0 Å². The van der Waals surface area contributed by atoms with Gasteiger partial charge in [0.25, 0.3) is 0 Å². The number of Topliss-reactive ketones (excluding diaryl/α,β-unsaturated/α-hetero) is 1. The summed E-state index contributed by atoms with van der Waals surface area (Å²) in [6.07, 6.45) is 7.00. The van der Waals surface area contributed by atoms with Crippen molar-refractivity contribution in [3.63, 3.8) is 0 Å². The summed E-state index contributed by atoms with van der Waals surface area (Å²) in [5.41, 5.74) is 0. The second-order valence-electron chi connectivity index (χ2n) is 14.8. The Balaban J connectivity index is 1.59. The van der Waals surface area contributed by atoms with Gasteiger partial charge in [-0.15, -0.1) is 0 Å². The monoisotopic (exact) mass is 768 g/mol. The molecule has 19 heteroatoms. The molecule has 3 fully saturated rings. The molecule has 0 unspecified atom stereocenters. The highest BCUT2D eigenvalue weighted by Crippen LogP contribution is 2.29. The molecule has 0 saturated heterocycles. The summed E-state index contributed by atoms with van der Waals surface area (Å²) in [5.74, 6) is -6.89. The molecular formula is C35H56N6O13. The molecule has 0 aromatic carbocycles. The van der Waals surface area contributed by atoms with E-state index in [4.69, 9.17) is 0 Å². The summed E-state index contributed by atoms with van der Waals surface area (Å²) in [5, 5.41) is 53.6. The Kier molecular flexibility index (Phi) is 17.7. The number of nitrogens with one attached hydrogen (secondary N) is 2. The van der Waals surface area contributed by atoms with Crippen LogP contribution >= 0.6 is 0 Å². The van der Waals surface area contributed by atoms with Gasteiger partial charge in [0.15, 0.2) is 0 Å². The normalized spacial score (nSPS) is 24.6. The lowest BCUT2D eigenvalue weighted by Crippen LogP contribution is -2.58. The lowest BCUT2D eigenvalue weighted by molar-refractivity contribution is -0.147. The number of carbonyl (C=O) groups excluding carboxylic acids is 3. The number of hydrogen-bond acceptors (Lipinski definition) is 12. The first kappa shape index (κ1) is 44.2. The number of rotatable bonds is 22. The van der Waals surface area contributed by atoms with E-state index >= 15 is 0 Å². The molecule has 3 aliphatic rings. The standard InChI is InChI=1S/C35H56N6O13/c1-22(42)14-38(17-31(45)46)25-6-2-3-7-26(25)39(18-32(47)48)15-29(43)36-23-10-12-24(13-11-23)37-30(44)16-40(19-33(49)50)27-8-4-5-9-28(27)41(20-34(51)52)21-35(53)54/h23-28H,2-21H2,1H3,(H,36,43)(H,37,44)(H,45,46)(H,47,48)(H,49,50)(H,51,52)(H,53,54)/t23?,24?,25-,26-,27-,28-/m1/s1. The Morgan fingerprint density at radius 1 is 0.407 bits per heavy atom. The molecule has 3 aliphatic carbocycles. The van der Waals surface area contributed by atoms with Gasteiger partial charge in [-0.25, -0.2) is 0 Å². The number of aliphatic carboxylic acids is 5. The smallest absolute Gasteiger partial charge is 0.317 e. The average molecular weight is 769 g/mol. The summed E-state index contributed by atoms with van der Waals surface area (Å²) in [6.45, 7) is -1.64. The van der Waals surface area contributed by atoms with Gasteiger partial charge in [-0.2, -0.15) is 0 Å². The molecule has 0 aromatic heterocycles. The molecular weight excluding hydrogens is 712 g/mol. The van der Waals surface area contributed by atoms with E-state index in [2.05, 4.69) is 10.6 Å². The van der Waals surface area contributed by atoms with Gasteiger partial charge >= 0.3 is 29.8 Å². The fourth-order valence-electron chi connectivity index (χ4n) is 8.50. The molecule has 3 rings (SSSR count). The third kappa shape index (κ3) is 14.9. The van der Waals surface area contributed by atoms with Gasteiger partial charge in [-0.05, 0) is 58.3 Å². The van der Waals surface area contributed by atoms with Crippen LogP contribution in [-0.4, -0.2) is 181 Å². The molecule has 0 spiro atoms. The number of carbonyl (C=O) groups is 8. The zero-order valence-electron chi connectivity index (χ0n) is 30.9. The maximum atomic E-state index is 13.3. The number of ketones is 1. The number of amides is 2.